The van der Waals surface area contributed by atoms with Gasteiger partial charge in [0.05, 0.1) is 36.6 Å². The zero-order chi connectivity index (χ0) is 41.5. The summed E-state index contributed by atoms with van der Waals surface area (Å²) in [5.41, 5.74) is 2.56. The molecule has 0 aliphatic carbocycles. The normalized spacial score (nSPS) is 18.0. The molecule has 5 amide bonds. The maximum atomic E-state index is 14.1. The van der Waals surface area contributed by atoms with E-state index in [1.54, 1.807) is 6.20 Å². The molecule has 310 valence electrons. The minimum absolute atomic E-state index is 0.0358. The maximum Gasteiger partial charge on any atom is 0.243 e. The average Bonchev–Trinajstić information content (AvgIpc) is 3.81. The van der Waals surface area contributed by atoms with Crippen LogP contribution >= 0.6 is 0 Å². The van der Waals surface area contributed by atoms with Crippen molar-refractivity contribution in [3.05, 3.63) is 90.0 Å². The highest BCUT2D eigenvalue weighted by Crippen LogP contribution is 2.20. The van der Waals surface area contributed by atoms with Gasteiger partial charge >= 0.3 is 0 Å². The molecule has 1 aliphatic heterocycles. The van der Waals surface area contributed by atoms with Crippen LogP contribution in [0.4, 0.5) is 0 Å². The number of carbonyl (C=O) groups is 5. The molecule has 1 aliphatic rings. The summed E-state index contributed by atoms with van der Waals surface area (Å²) < 4.78 is 0. The van der Waals surface area contributed by atoms with Crippen molar-refractivity contribution in [1.82, 2.24) is 36.6 Å². The van der Waals surface area contributed by atoms with Gasteiger partial charge in [0.2, 0.25) is 29.5 Å². The Kier molecular flexibility index (Phi) is 17.3. The lowest BCUT2D eigenvalue weighted by Crippen LogP contribution is -2.56. The Balaban J connectivity index is 1.47. The Morgan fingerprint density at radius 2 is 1.46 bits per heavy atom. The lowest BCUT2D eigenvalue weighted by atomic mass is 9.91. The first kappa shape index (κ1) is 44.7. The molecule has 7 N–H and O–H groups in total. The van der Waals surface area contributed by atoms with E-state index in [4.69, 9.17) is 0 Å². The van der Waals surface area contributed by atoms with Crippen molar-refractivity contribution >= 4 is 29.5 Å². The predicted octanol–water partition coefficient (Wildman–Crippen LogP) is 3.77. The largest absolute Gasteiger partial charge is 0.390 e. The van der Waals surface area contributed by atoms with Gasteiger partial charge in [-0.05, 0) is 54.6 Å². The van der Waals surface area contributed by atoms with Gasteiger partial charge in [-0.3, -0.25) is 24.0 Å². The molecule has 0 bridgehead atoms. The summed E-state index contributed by atoms with van der Waals surface area (Å²) >= 11 is 0. The number of aliphatic hydroxyl groups excluding tert-OH is 1. The second-order valence-electron chi connectivity index (χ2n) is 16.5. The summed E-state index contributed by atoms with van der Waals surface area (Å²) in [7, 11) is 0. The highest BCUT2D eigenvalue weighted by molar-refractivity contribution is 5.90. The van der Waals surface area contributed by atoms with Crippen molar-refractivity contribution in [2.75, 3.05) is 0 Å². The Labute approximate surface area is 337 Å². The lowest BCUT2D eigenvalue weighted by molar-refractivity contribution is -0.133. The van der Waals surface area contributed by atoms with Crippen molar-refractivity contribution in [3.63, 3.8) is 0 Å². The van der Waals surface area contributed by atoms with Crippen molar-refractivity contribution in [1.29, 1.82) is 0 Å². The Bertz CT molecular complexity index is 1680. The van der Waals surface area contributed by atoms with E-state index in [-0.39, 0.29) is 54.9 Å². The highest BCUT2D eigenvalue weighted by Gasteiger charge is 2.37. The summed E-state index contributed by atoms with van der Waals surface area (Å²) in [4.78, 5) is 74.8. The zero-order valence-electron chi connectivity index (χ0n) is 34.3. The third-order valence-electron chi connectivity index (χ3n) is 10.6. The summed E-state index contributed by atoms with van der Waals surface area (Å²) in [5.74, 6) is -2.22. The SMILES string of the molecule is CC[C@H](C)[C@H](NC(=O)C[C@H](O)[C@H](CC(C)C)NC(=O)[C@H](Cc1c[nH]cn1)NC(=O)C(Cc1ccccc1)Cc1ccccc1)C(=O)N[C@H]1CC(=O)N[C@H]1CC(C)C. The second kappa shape index (κ2) is 22.0. The molecule has 0 unspecified atom stereocenters. The Morgan fingerprint density at radius 3 is 2.00 bits per heavy atom. The van der Waals surface area contributed by atoms with Gasteiger partial charge in [0, 0.05) is 31.0 Å². The number of rotatable bonds is 22. The minimum Gasteiger partial charge on any atom is -0.390 e. The number of H-pyrrole nitrogens is 1. The highest BCUT2D eigenvalue weighted by atomic mass is 16.3. The van der Waals surface area contributed by atoms with E-state index in [9.17, 15) is 29.1 Å². The van der Waals surface area contributed by atoms with Crippen LogP contribution in [0.15, 0.2) is 73.2 Å². The predicted molar refractivity (Wildman–Crippen MR) is 219 cm³/mol. The van der Waals surface area contributed by atoms with Crippen molar-refractivity contribution in [2.24, 2.45) is 23.7 Å². The maximum absolute atomic E-state index is 14.1. The van der Waals surface area contributed by atoms with Gasteiger partial charge in [0.25, 0.3) is 0 Å². The van der Waals surface area contributed by atoms with Crippen LogP contribution in [-0.4, -0.2) is 80.9 Å². The van der Waals surface area contributed by atoms with Crippen molar-refractivity contribution in [3.8, 4) is 0 Å². The van der Waals surface area contributed by atoms with E-state index in [1.807, 2.05) is 88.4 Å². The third kappa shape index (κ3) is 14.4. The fourth-order valence-corrected chi connectivity index (χ4v) is 7.40. The molecule has 7 atom stereocenters. The number of nitrogens with one attached hydrogen (secondary N) is 6. The summed E-state index contributed by atoms with van der Waals surface area (Å²) in [6, 6.07) is 16.1. The number of aromatic nitrogens is 2. The van der Waals surface area contributed by atoms with E-state index in [0.29, 0.717) is 43.7 Å². The van der Waals surface area contributed by atoms with Crippen LogP contribution in [0, 0.1) is 23.7 Å². The number of nitrogens with zero attached hydrogens (tertiary/aromatic N) is 1. The van der Waals surface area contributed by atoms with Crippen molar-refractivity contribution < 1.29 is 29.1 Å². The van der Waals surface area contributed by atoms with Crippen LogP contribution < -0.4 is 26.6 Å². The second-order valence-corrected chi connectivity index (χ2v) is 16.5. The molecule has 4 rings (SSSR count). The van der Waals surface area contributed by atoms with Gasteiger partial charge in [-0.25, -0.2) is 4.98 Å². The van der Waals surface area contributed by atoms with Crippen molar-refractivity contribution in [2.45, 2.75) is 129 Å². The molecule has 3 aromatic rings. The zero-order valence-corrected chi connectivity index (χ0v) is 34.3. The Hall–Kier alpha value is -5.04. The standard InChI is InChI=1S/C44H63N7O6/c1-7-29(6)41(44(57)48-35-23-39(53)47-34(35)18-27(2)3)51-40(54)24-38(52)36(19-28(4)5)49-43(56)37(22-33-25-45-26-46-33)50-42(55)32(20-30-14-10-8-11-15-30)21-31-16-12-9-13-17-31/h8-17,25-29,32,34-38,41,52H,7,18-24H2,1-6H3,(H,45,46)(H,47,53)(H,48,57)(H,49,56)(H,50,55)(H,51,54)/t29-,34-,35-,36-,37-,38-,41-/m0/s1. The molecule has 1 fully saturated rings. The molecule has 13 heteroatoms. The van der Waals surface area contributed by atoms with Gasteiger partial charge in [-0.15, -0.1) is 0 Å². The van der Waals surface area contributed by atoms with Crippen LogP contribution in [0.1, 0.15) is 90.5 Å². The Morgan fingerprint density at radius 1 is 0.825 bits per heavy atom. The fraction of sp³-hybridized carbons (Fsp3) is 0.545. The van der Waals surface area contributed by atoms with Gasteiger partial charge in [0.1, 0.15) is 12.1 Å². The summed E-state index contributed by atoms with van der Waals surface area (Å²) in [6.07, 6.45) is 4.36. The number of carbonyl (C=O) groups excluding carboxylic acids is 5. The topological polar surface area (TPSA) is 194 Å². The molecular formula is C44H63N7O6. The molecule has 0 saturated carbocycles. The molecule has 0 spiro atoms. The molecule has 13 nitrogen and oxygen atoms in total. The summed E-state index contributed by atoms with van der Waals surface area (Å²) in [5, 5.41) is 26.2. The number of hydrogen-bond acceptors (Lipinski definition) is 7. The van der Waals surface area contributed by atoms with Crippen LogP contribution in [0.25, 0.3) is 0 Å². The third-order valence-corrected chi connectivity index (χ3v) is 10.6. The smallest absolute Gasteiger partial charge is 0.243 e. The number of aromatic amines is 1. The first-order chi connectivity index (χ1) is 27.2. The number of imidazole rings is 1. The van der Waals surface area contributed by atoms with E-state index in [1.165, 1.54) is 6.33 Å². The molecule has 2 heterocycles. The number of amides is 5. The van der Waals surface area contributed by atoms with Crippen LogP contribution in [0.3, 0.4) is 0 Å². The molecule has 57 heavy (non-hydrogen) atoms. The van der Waals surface area contributed by atoms with E-state index < -0.39 is 48.0 Å². The summed E-state index contributed by atoms with van der Waals surface area (Å²) in [6.45, 7) is 11.8. The number of benzene rings is 2. The van der Waals surface area contributed by atoms with Gasteiger partial charge < -0.3 is 36.7 Å². The van der Waals surface area contributed by atoms with E-state index in [2.05, 4.69) is 50.4 Å². The van der Waals surface area contributed by atoms with Crippen LogP contribution in [0.2, 0.25) is 0 Å². The van der Waals surface area contributed by atoms with Gasteiger partial charge in [0.15, 0.2) is 0 Å². The first-order valence-corrected chi connectivity index (χ1v) is 20.5. The molecule has 2 aromatic carbocycles. The monoisotopic (exact) mass is 785 g/mol. The minimum atomic E-state index is -1.30. The quantitative estimate of drug-likeness (QED) is 0.0806. The first-order valence-electron chi connectivity index (χ1n) is 20.5. The molecule has 1 saturated heterocycles. The molecule has 0 radical (unpaired) electrons. The molecular weight excluding hydrogens is 723 g/mol. The van der Waals surface area contributed by atoms with Crippen LogP contribution in [0.5, 0.6) is 0 Å². The number of aliphatic hydroxyl groups is 1. The average molecular weight is 786 g/mol. The molecule has 1 aromatic heterocycles. The van der Waals surface area contributed by atoms with Crippen LogP contribution in [-0.2, 0) is 43.2 Å². The lowest BCUT2D eigenvalue weighted by Gasteiger charge is -2.30. The number of hydrogen-bond donors (Lipinski definition) is 7. The van der Waals surface area contributed by atoms with E-state index in [0.717, 1.165) is 11.1 Å². The van der Waals surface area contributed by atoms with Gasteiger partial charge in [-0.2, -0.15) is 0 Å². The fourth-order valence-electron chi connectivity index (χ4n) is 7.40. The van der Waals surface area contributed by atoms with E-state index >= 15 is 0 Å². The van der Waals surface area contributed by atoms with Gasteiger partial charge in [-0.1, -0.05) is 109 Å².